The highest BCUT2D eigenvalue weighted by molar-refractivity contribution is 6.35. The highest BCUT2D eigenvalue weighted by Gasteiger charge is 2.13. The van der Waals surface area contributed by atoms with Gasteiger partial charge in [0, 0.05) is 11.1 Å². The van der Waals surface area contributed by atoms with E-state index in [1.807, 2.05) is 0 Å². The van der Waals surface area contributed by atoms with Crippen LogP contribution in [0.15, 0.2) is 41.5 Å². The average molecular weight is 408 g/mol. The zero-order valence-electron chi connectivity index (χ0n) is 14.5. The first-order valence-corrected chi connectivity index (χ1v) is 8.54. The van der Waals surface area contributed by atoms with E-state index in [1.54, 1.807) is 18.2 Å². The molecule has 1 N–H and O–H groups in total. The molecule has 0 bridgehead atoms. The van der Waals surface area contributed by atoms with Crippen molar-refractivity contribution in [3.05, 3.63) is 57.1 Å². The van der Waals surface area contributed by atoms with E-state index in [2.05, 4.69) is 10.3 Å². The number of carbonyl (C=O) groups excluding carboxylic acids is 1. The molecular formula is C18H15Cl2N3O4. The maximum atomic E-state index is 12.7. The molecule has 0 spiro atoms. The van der Waals surface area contributed by atoms with Gasteiger partial charge in [-0.25, -0.2) is 4.98 Å². The first-order valence-electron chi connectivity index (χ1n) is 7.79. The number of anilines is 1. The van der Waals surface area contributed by atoms with Gasteiger partial charge in [-0.3, -0.25) is 14.2 Å². The number of carbonyl (C=O) groups is 1. The number of fused-ring (bicyclic) bond motifs is 1. The van der Waals surface area contributed by atoms with E-state index in [-0.39, 0.29) is 12.1 Å². The molecule has 1 aromatic heterocycles. The Kier molecular flexibility index (Phi) is 5.53. The first-order chi connectivity index (χ1) is 12.9. The summed E-state index contributed by atoms with van der Waals surface area (Å²) in [6, 6.07) is 7.85. The molecule has 0 fully saturated rings. The molecule has 0 aliphatic rings. The Morgan fingerprint density at radius 3 is 2.56 bits per heavy atom. The Morgan fingerprint density at radius 2 is 1.85 bits per heavy atom. The van der Waals surface area contributed by atoms with Gasteiger partial charge in [0.15, 0.2) is 11.5 Å². The molecule has 3 aromatic rings. The van der Waals surface area contributed by atoms with Crippen molar-refractivity contribution in [3.63, 3.8) is 0 Å². The highest BCUT2D eigenvalue weighted by atomic mass is 35.5. The van der Waals surface area contributed by atoms with Gasteiger partial charge in [0.05, 0.1) is 42.2 Å². The summed E-state index contributed by atoms with van der Waals surface area (Å²) >= 11 is 11.9. The van der Waals surface area contributed by atoms with Crippen LogP contribution >= 0.6 is 23.2 Å². The predicted molar refractivity (Wildman–Crippen MR) is 104 cm³/mol. The minimum absolute atomic E-state index is 0.237. The van der Waals surface area contributed by atoms with Gasteiger partial charge < -0.3 is 14.8 Å². The lowest BCUT2D eigenvalue weighted by Gasteiger charge is -2.11. The second-order valence-corrected chi connectivity index (χ2v) is 6.42. The van der Waals surface area contributed by atoms with Crippen LogP contribution in [0.1, 0.15) is 0 Å². The molecule has 2 aromatic carbocycles. The Labute approximate surface area is 164 Å². The van der Waals surface area contributed by atoms with Gasteiger partial charge in [-0.1, -0.05) is 23.2 Å². The van der Waals surface area contributed by atoms with E-state index in [0.29, 0.717) is 38.1 Å². The number of ether oxygens (including phenoxy) is 2. The Morgan fingerprint density at radius 1 is 1.15 bits per heavy atom. The molecule has 140 valence electrons. The molecule has 3 rings (SSSR count). The maximum absolute atomic E-state index is 12.7. The van der Waals surface area contributed by atoms with Crippen molar-refractivity contribution >= 4 is 45.7 Å². The minimum atomic E-state index is -0.442. The number of hydrogen-bond donors (Lipinski definition) is 1. The van der Waals surface area contributed by atoms with Gasteiger partial charge in [0.25, 0.3) is 5.56 Å². The average Bonchev–Trinajstić information content (AvgIpc) is 2.66. The van der Waals surface area contributed by atoms with Crippen molar-refractivity contribution in [3.8, 4) is 11.5 Å². The third-order valence-electron chi connectivity index (χ3n) is 3.85. The van der Waals surface area contributed by atoms with E-state index >= 15 is 0 Å². The van der Waals surface area contributed by atoms with Crippen molar-refractivity contribution in [2.24, 2.45) is 0 Å². The highest BCUT2D eigenvalue weighted by Crippen LogP contribution is 2.30. The van der Waals surface area contributed by atoms with Crippen LogP contribution < -0.4 is 20.3 Å². The second-order valence-electron chi connectivity index (χ2n) is 5.57. The Hall–Kier alpha value is -2.77. The van der Waals surface area contributed by atoms with Gasteiger partial charge in [0.1, 0.15) is 6.54 Å². The molecule has 0 unspecified atom stereocenters. The van der Waals surface area contributed by atoms with Crippen molar-refractivity contribution in [2.45, 2.75) is 6.54 Å². The zero-order valence-corrected chi connectivity index (χ0v) is 16.0. The molecule has 0 aliphatic heterocycles. The fourth-order valence-corrected chi connectivity index (χ4v) is 2.87. The lowest BCUT2D eigenvalue weighted by Crippen LogP contribution is -2.28. The number of hydrogen-bond acceptors (Lipinski definition) is 5. The van der Waals surface area contributed by atoms with Gasteiger partial charge in [-0.2, -0.15) is 0 Å². The monoisotopic (exact) mass is 407 g/mol. The number of methoxy groups -OCH3 is 2. The number of halogens is 2. The number of aromatic nitrogens is 2. The van der Waals surface area contributed by atoms with Crippen LogP contribution in [0.3, 0.4) is 0 Å². The van der Waals surface area contributed by atoms with Crippen LogP contribution in [0.2, 0.25) is 10.0 Å². The quantitative estimate of drug-likeness (QED) is 0.700. The molecular weight excluding hydrogens is 393 g/mol. The number of nitrogens with one attached hydrogen (secondary N) is 1. The van der Waals surface area contributed by atoms with Gasteiger partial charge >= 0.3 is 0 Å². The summed E-state index contributed by atoms with van der Waals surface area (Å²) in [6.07, 6.45) is 1.30. The van der Waals surface area contributed by atoms with E-state index in [9.17, 15) is 9.59 Å². The lowest BCUT2D eigenvalue weighted by atomic mass is 10.2. The molecule has 0 radical (unpaired) electrons. The predicted octanol–water partition coefficient (Wildman–Crippen LogP) is 3.36. The van der Waals surface area contributed by atoms with Crippen LogP contribution in [0.5, 0.6) is 11.5 Å². The van der Waals surface area contributed by atoms with Crippen LogP contribution in [-0.2, 0) is 11.3 Å². The molecule has 0 saturated heterocycles. The Balaban J connectivity index is 1.90. The standard InChI is InChI=1S/C18H15Cl2N3O4/c1-26-15-6-11-13(7-16(15)27-2)21-9-23(18(11)25)8-17(24)22-14-5-10(19)3-4-12(14)20/h3-7,9H,8H2,1-2H3,(H,22,24). The number of rotatable bonds is 5. The van der Waals surface area contributed by atoms with Crippen LogP contribution in [0, 0.1) is 0 Å². The molecule has 9 heteroatoms. The van der Waals surface area contributed by atoms with Crippen molar-refractivity contribution in [1.82, 2.24) is 9.55 Å². The largest absolute Gasteiger partial charge is 0.493 e. The van der Waals surface area contributed by atoms with Crippen molar-refractivity contribution < 1.29 is 14.3 Å². The van der Waals surface area contributed by atoms with Gasteiger partial charge in [0.2, 0.25) is 5.91 Å². The van der Waals surface area contributed by atoms with E-state index < -0.39 is 5.91 Å². The normalized spacial score (nSPS) is 10.7. The fraction of sp³-hybridized carbons (Fsp3) is 0.167. The van der Waals surface area contributed by atoms with Gasteiger partial charge in [-0.05, 0) is 24.3 Å². The summed E-state index contributed by atoms with van der Waals surface area (Å²) in [4.78, 5) is 29.2. The van der Waals surface area contributed by atoms with E-state index in [4.69, 9.17) is 32.7 Å². The summed E-state index contributed by atoms with van der Waals surface area (Å²) in [7, 11) is 2.97. The topological polar surface area (TPSA) is 82.5 Å². The fourth-order valence-electron chi connectivity index (χ4n) is 2.54. The van der Waals surface area contributed by atoms with Crippen LogP contribution in [0.4, 0.5) is 5.69 Å². The third-order valence-corrected chi connectivity index (χ3v) is 4.41. The Bertz CT molecular complexity index is 1080. The molecule has 0 saturated carbocycles. The maximum Gasteiger partial charge on any atom is 0.261 e. The molecule has 0 atom stereocenters. The summed E-state index contributed by atoms with van der Waals surface area (Å²) in [5.74, 6) is 0.419. The van der Waals surface area contributed by atoms with E-state index in [1.165, 1.54) is 37.2 Å². The summed E-state index contributed by atoms with van der Waals surface area (Å²) < 4.78 is 11.6. The van der Waals surface area contributed by atoms with Gasteiger partial charge in [-0.15, -0.1) is 0 Å². The molecule has 7 nitrogen and oxygen atoms in total. The van der Waals surface area contributed by atoms with Crippen molar-refractivity contribution in [2.75, 3.05) is 19.5 Å². The van der Waals surface area contributed by atoms with E-state index in [0.717, 1.165) is 0 Å². The van der Waals surface area contributed by atoms with Crippen LogP contribution in [0.25, 0.3) is 10.9 Å². The summed E-state index contributed by atoms with van der Waals surface area (Å²) in [5.41, 5.74) is 0.419. The number of amides is 1. The van der Waals surface area contributed by atoms with Crippen LogP contribution in [-0.4, -0.2) is 29.7 Å². The first kappa shape index (κ1) is 19.0. The molecule has 1 heterocycles. The SMILES string of the molecule is COc1cc2ncn(CC(=O)Nc3cc(Cl)ccc3Cl)c(=O)c2cc1OC. The second kappa shape index (κ2) is 7.85. The lowest BCUT2D eigenvalue weighted by molar-refractivity contribution is -0.116. The minimum Gasteiger partial charge on any atom is -0.493 e. The zero-order chi connectivity index (χ0) is 19.6. The smallest absolute Gasteiger partial charge is 0.261 e. The summed E-state index contributed by atoms with van der Waals surface area (Å²) in [5, 5.41) is 3.71. The molecule has 1 amide bonds. The third kappa shape index (κ3) is 3.99. The molecule has 27 heavy (non-hydrogen) atoms. The van der Waals surface area contributed by atoms with Crippen molar-refractivity contribution in [1.29, 1.82) is 0 Å². The number of nitrogens with zero attached hydrogens (tertiary/aromatic N) is 2. The molecule has 0 aliphatic carbocycles. The summed E-state index contributed by atoms with van der Waals surface area (Å²) in [6.45, 7) is -0.237. The number of benzene rings is 2.